The number of aliphatic hydroxyl groups is 1. The molecule has 7 aromatic rings. The molecule has 0 spiro atoms. The van der Waals surface area contributed by atoms with Crippen LogP contribution >= 0.6 is 11.5 Å². The van der Waals surface area contributed by atoms with Gasteiger partial charge in [-0.25, -0.2) is 29.2 Å². The standard InChI is InChI=1S/C46H46FN9O5S/c1-24-18-33(19-25(2)40(24)47)56-41(54-15-14-53(45(54)59)32-7-8-34-27(4)51-62-38(34)22-32)39-28(5)52(13-10-35(39)49-56)42(57)37-21-31-20-30(29-11-16-60-17-12-29)6-9-36(31)55(37)46(23-26(46)3)43-48-44(58)61-50-43/h6-9,14-15,18-22,26,28-29,44,58H,10-13,16-17,23H2,1-5H3,(H,48,50)/t26-,28-,44?,46-/m0/s1. The summed E-state index contributed by atoms with van der Waals surface area (Å²) >= 11 is 1.39. The summed E-state index contributed by atoms with van der Waals surface area (Å²) in [7, 11) is 0. The van der Waals surface area contributed by atoms with E-state index in [-0.39, 0.29) is 23.3 Å². The highest BCUT2D eigenvalue weighted by molar-refractivity contribution is 7.13. The maximum absolute atomic E-state index is 15.5. The number of aryl methyl sites for hydroxylation is 3. The van der Waals surface area contributed by atoms with Crippen LogP contribution in [0.2, 0.25) is 0 Å². The molecule has 11 rings (SSSR count). The number of hydrogen-bond donors (Lipinski definition) is 2. The Bertz CT molecular complexity index is 3060. The van der Waals surface area contributed by atoms with E-state index in [1.807, 2.05) is 43.0 Å². The second kappa shape index (κ2) is 14.3. The number of amides is 1. The van der Waals surface area contributed by atoms with Gasteiger partial charge in [-0.05, 0) is 136 Å². The van der Waals surface area contributed by atoms with E-state index in [9.17, 15) is 9.90 Å². The van der Waals surface area contributed by atoms with E-state index in [1.54, 1.807) is 52.2 Å². The Labute approximate surface area is 359 Å². The third-order valence-corrected chi connectivity index (χ3v) is 14.5. The number of fused-ring (bicyclic) bond motifs is 3. The van der Waals surface area contributed by atoms with E-state index in [0.717, 1.165) is 64.0 Å². The van der Waals surface area contributed by atoms with Gasteiger partial charge in [-0.1, -0.05) is 13.0 Å². The molecule has 0 radical (unpaired) electrons. The van der Waals surface area contributed by atoms with E-state index in [0.29, 0.717) is 65.2 Å². The number of imidazole rings is 1. The smallest absolute Gasteiger partial charge is 0.338 e. The van der Waals surface area contributed by atoms with Gasteiger partial charge in [-0.15, -0.1) is 0 Å². The predicted octanol–water partition coefficient (Wildman–Crippen LogP) is 7.04. The van der Waals surface area contributed by atoms with Gasteiger partial charge in [0.05, 0.1) is 33.5 Å². The largest absolute Gasteiger partial charge is 0.381 e. The lowest BCUT2D eigenvalue weighted by molar-refractivity contribution is -0.103. The summed E-state index contributed by atoms with van der Waals surface area (Å²) in [6.45, 7) is 11.3. The van der Waals surface area contributed by atoms with E-state index in [2.05, 4.69) is 44.5 Å². The zero-order valence-corrected chi connectivity index (χ0v) is 35.9. The maximum Gasteiger partial charge on any atom is 0.338 e. The van der Waals surface area contributed by atoms with Crippen molar-refractivity contribution in [2.75, 3.05) is 19.8 Å². The Morgan fingerprint density at radius 3 is 2.47 bits per heavy atom. The van der Waals surface area contributed by atoms with Gasteiger partial charge in [0.2, 0.25) is 0 Å². The number of aromatic nitrogens is 6. The summed E-state index contributed by atoms with van der Waals surface area (Å²) in [5.74, 6) is 0.917. The number of nitrogens with one attached hydrogen (secondary N) is 1. The van der Waals surface area contributed by atoms with Crippen molar-refractivity contribution in [3.8, 4) is 17.2 Å². The highest BCUT2D eigenvalue weighted by Crippen LogP contribution is 2.54. The van der Waals surface area contributed by atoms with Crippen LogP contribution in [0.4, 0.5) is 4.39 Å². The van der Waals surface area contributed by atoms with Crippen LogP contribution < -0.4 is 11.2 Å². The molecular formula is C46H46FN9O5S. The number of aliphatic imine (C=N–C) groups is 1. The van der Waals surface area contributed by atoms with Gasteiger partial charge < -0.3 is 19.3 Å². The molecule has 1 saturated carbocycles. The molecular weight excluding hydrogens is 810 g/mol. The molecule has 1 saturated heterocycles. The van der Waals surface area contributed by atoms with Crippen LogP contribution in [-0.4, -0.2) is 75.8 Å². The number of halogens is 1. The molecule has 3 aliphatic heterocycles. The number of ether oxygens (including phenoxy) is 1. The summed E-state index contributed by atoms with van der Waals surface area (Å²) < 4.78 is 33.2. The van der Waals surface area contributed by atoms with Crippen molar-refractivity contribution in [3.05, 3.63) is 123 Å². The van der Waals surface area contributed by atoms with Crippen LogP contribution in [0.25, 0.3) is 38.2 Å². The Hall–Kier alpha value is -5.94. The number of carbonyl (C=O) groups is 1. The topological polar surface area (TPSA) is 146 Å². The van der Waals surface area contributed by atoms with Crippen LogP contribution in [0, 0.1) is 32.5 Å². The molecule has 62 heavy (non-hydrogen) atoms. The molecule has 4 atom stereocenters. The fourth-order valence-corrected chi connectivity index (χ4v) is 11.0. The molecule has 1 aliphatic carbocycles. The third kappa shape index (κ3) is 5.87. The zero-order valence-electron chi connectivity index (χ0n) is 35.1. The summed E-state index contributed by atoms with van der Waals surface area (Å²) in [5, 5.41) is 17.4. The average Bonchev–Trinajstić information content (AvgIpc) is 3.90. The minimum absolute atomic E-state index is 0.0783. The second-order valence-electron chi connectivity index (χ2n) is 17.3. The fourth-order valence-electron chi connectivity index (χ4n) is 10.2. The van der Waals surface area contributed by atoms with Crippen LogP contribution in [0.15, 0.2) is 76.8 Å². The zero-order chi connectivity index (χ0) is 42.8. The number of nitrogens with zero attached hydrogens (tertiary/aromatic N) is 8. The molecule has 2 N–H and O–H groups in total. The fraction of sp³-hybridized carbons (Fsp3) is 0.370. The predicted molar refractivity (Wildman–Crippen MR) is 233 cm³/mol. The van der Waals surface area contributed by atoms with Crippen LogP contribution in [0.3, 0.4) is 0 Å². The summed E-state index contributed by atoms with van der Waals surface area (Å²) in [6.07, 6.45) is 5.09. The summed E-state index contributed by atoms with van der Waals surface area (Å²) in [5.41, 5.74) is 9.03. The first-order valence-electron chi connectivity index (χ1n) is 21.2. The molecule has 2 fully saturated rings. The minimum atomic E-state index is -1.35. The summed E-state index contributed by atoms with van der Waals surface area (Å²) in [4.78, 5) is 41.8. The number of amidine groups is 1. The van der Waals surface area contributed by atoms with Crippen molar-refractivity contribution >= 4 is 44.3 Å². The number of benzene rings is 3. The molecule has 0 bridgehead atoms. The SMILES string of the molecule is Cc1cc(-n2nc3c(c2-n2ccn(-c4ccc5c(C)nsc5c4)c2=O)[C@H](C)N(C(=O)c2cc4cc(C5CCOCC5)ccc4n2[C@@]2(C4=NC(O)ON4)C[C@@H]2C)CC3)cc(C)c1F. The molecule has 4 aliphatic rings. The van der Waals surface area contributed by atoms with E-state index in [4.69, 9.17) is 14.7 Å². The van der Waals surface area contributed by atoms with Crippen LogP contribution in [0.1, 0.15) is 89.2 Å². The first-order valence-corrected chi connectivity index (χ1v) is 22.0. The number of hydroxylamine groups is 1. The molecule has 3 aromatic carbocycles. The Morgan fingerprint density at radius 1 is 0.984 bits per heavy atom. The summed E-state index contributed by atoms with van der Waals surface area (Å²) in [6, 6.07) is 17.3. The Balaban J connectivity index is 1.05. The highest BCUT2D eigenvalue weighted by Gasteiger charge is 2.60. The lowest BCUT2D eigenvalue weighted by Crippen LogP contribution is -2.43. The van der Waals surface area contributed by atoms with Crippen LogP contribution in [0.5, 0.6) is 0 Å². The van der Waals surface area contributed by atoms with Gasteiger partial charge in [-0.2, -0.15) is 9.47 Å². The monoisotopic (exact) mass is 855 g/mol. The number of carbonyl (C=O) groups excluding carboxylic acids is 1. The van der Waals surface area contributed by atoms with Crippen molar-refractivity contribution in [3.63, 3.8) is 0 Å². The first-order chi connectivity index (χ1) is 29.9. The molecule has 7 heterocycles. The number of aliphatic hydroxyl groups excluding tert-OH is 1. The van der Waals surface area contributed by atoms with Crippen molar-refractivity contribution in [1.82, 2.24) is 38.2 Å². The lowest BCUT2D eigenvalue weighted by atomic mass is 9.91. The maximum atomic E-state index is 15.5. The number of rotatable bonds is 7. The van der Waals surface area contributed by atoms with Gasteiger partial charge in [0.15, 0.2) is 5.84 Å². The quantitative estimate of drug-likeness (QED) is 0.174. The third-order valence-electron chi connectivity index (χ3n) is 13.6. The average molecular weight is 856 g/mol. The minimum Gasteiger partial charge on any atom is -0.381 e. The normalized spacial score (nSPS) is 22.7. The Morgan fingerprint density at radius 2 is 1.74 bits per heavy atom. The van der Waals surface area contributed by atoms with Gasteiger partial charge in [0.25, 0.3) is 12.3 Å². The van der Waals surface area contributed by atoms with E-state index < -0.39 is 18.0 Å². The molecule has 16 heteroatoms. The van der Waals surface area contributed by atoms with Gasteiger partial charge in [0, 0.05) is 60.4 Å². The van der Waals surface area contributed by atoms with Gasteiger partial charge >= 0.3 is 5.69 Å². The highest BCUT2D eigenvalue weighted by atomic mass is 32.1. The van der Waals surface area contributed by atoms with Crippen molar-refractivity contribution in [2.24, 2.45) is 10.9 Å². The lowest BCUT2D eigenvalue weighted by Gasteiger charge is -2.34. The van der Waals surface area contributed by atoms with E-state index in [1.165, 1.54) is 17.1 Å². The number of hydrogen-bond acceptors (Lipinski definition) is 10. The van der Waals surface area contributed by atoms with Crippen molar-refractivity contribution in [1.29, 1.82) is 0 Å². The molecule has 1 unspecified atom stereocenters. The molecule has 14 nitrogen and oxygen atoms in total. The Kier molecular flexibility index (Phi) is 8.99. The second-order valence-corrected chi connectivity index (χ2v) is 18.1. The van der Waals surface area contributed by atoms with Gasteiger partial charge in [-0.3, -0.25) is 13.9 Å². The van der Waals surface area contributed by atoms with E-state index >= 15 is 9.18 Å². The van der Waals surface area contributed by atoms with Gasteiger partial charge in [0.1, 0.15) is 22.9 Å². The first kappa shape index (κ1) is 38.9. The molecule has 4 aromatic heterocycles. The molecule has 318 valence electrons. The van der Waals surface area contributed by atoms with Crippen LogP contribution in [-0.2, 0) is 21.5 Å². The molecule has 1 amide bonds. The van der Waals surface area contributed by atoms with Crippen molar-refractivity contribution < 1.29 is 23.9 Å². The van der Waals surface area contributed by atoms with Crippen molar-refractivity contribution in [2.45, 2.75) is 84.2 Å².